The van der Waals surface area contributed by atoms with E-state index in [1.807, 2.05) is 0 Å². The fraction of sp³-hybridized carbons (Fsp3) is 0.364. The van der Waals surface area contributed by atoms with Crippen LogP contribution in [0.1, 0.15) is 17.3 Å². The molecule has 0 atom stereocenters. The molecule has 0 unspecified atom stereocenters. The van der Waals surface area contributed by atoms with Gasteiger partial charge in [0, 0.05) is 6.61 Å². The van der Waals surface area contributed by atoms with Gasteiger partial charge in [-0.1, -0.05) is 34.8 Å². The van der Waals surface area contributed by atoms with Crippen LogP contribution >= 0.6 is 34.8 Å². The number of halogens is 3. The first-order valence-electron chi connectivity index (χ1n) is 5.65. The number of carbonyl (C=O) groups is 1. The van der Waals surface area contributed by atoms with Crippen molar-refractivity contribution in [3.63, 3.8) is 0 Å². The van der Waals surface area contributed by atoms with Crippen molar-refractivity contribution < 1.29 is 22.7 Å². The smallest absolute Gasteiger partial charge is 0.341 e. The molecular weight excluding hydrogens is 365 g/mol. The summed E-state index contributed by atoms with van der Waals surface area (Å²) < 4.78 is 32.7. The second-order valence-corrected chi connectivity index (χ2v) is 6.43. The number of hydrogen-bond donors (Lipinski definition) is 1. The third-order valence-corrected chi connectivity index (χ3v) is 4.53. The monoisotopic (exact) mass is 375 g/mol. The molecule has 0 aliphatic rings. The highest BCUT2D eigenvalue weighted by atomic mass is 35.5. The van der Waals surface area contributed by atoms with Crippen LogP contribution in [-0.4, -0.2) is 34.2 Å². The second-order valence-electron chi connectivity index (χ2n) is 3.74. The number of carbonyl (C=O) groups excluding carboxylic acids is 1. The van der Waals surface area contributed by atoms with Gasteiger partial charge in [0.1, 0.15) is 11.5 Å². The van der Waals surface area contributed by atoms with E-state index in [9.17, 15) is 13.2 Å². The van der Waals surface area contributed by atoms with Crippen LogP contribution in [0.2, 0.25) is 15.1 Å². The fourth-order valence-electron chi connectivity index (χ4n) is 1.38. The largest absolute Gasteiger partial charge is 0.460 e. The zero-order valence-corrected chi connectivity index (χ0v) is 13.9. The first kappa shape index (κ1) is 18.5. The van der Waals surface area contributed by atoms with E-state index in [1.54, 1.807) is 6.92 Å². The first-order valence-corrected chi connectivity index (χ1v) is 8.33. The molecule has 2 N–H and O–H groups in total. The van der Waals surface area contributed by atoms with Gasteiger partial charge in [-0.05, 0) is 13.0 Å². The van der Waals surface area contributed by atoms with Crippen LogP contribution in [-0.2, 0) is 19.5 Å². The van der Waals surface area contributed by atoms with Crippen molar-refractivity contribution >= 4 is 50.8 Å². The molecule has 1 rings (SSSR count). The maximum absolute atomic E-state index is 11.9. The molecule has 0 aliphatic carbocycles. The molecule has 0 saturated heterocycles. The summed E-state index contributed by atoms with van der Waals surface area (Å²) in [6.07, 6.45) is 0. The second kappa shape index (κ2) is 7.62. The summed E-state index contributed by atoms with van der Waals surface area (Å²) >= 11 is 17.5. The number of esters is 1. The molecule has 0 bridgehead atoms. The molecule has 0 spiro atoms. The molecule has 1 aromatic carbocycles. The van der Waals surface area contributed by atoms with E-state index in [2.05, 4.69) is 0 Å². The van der Waals surface area contributed by atoms with Gasteiger partial charge >= 0.3 is 5.97 Å². The topological polar surface area (TPSA) is 95.7 Å². The lowest BCUT2D eigenvalue weighted by Gasteiger charge is -2.12. The lowest BCUT2D eigenvalue weighted by molar-refractivity contribution is 0.0335. The van der Waals surface area contributed by atoms with Gasteiger partial charge < -0.3 is 9.47 Å². The molecule has 1 aromatic rings. The minimum Gasteiger partial charge on any atom is -0.460 e. The molecule has 0 aliphatic heterocycles. The Morgan fingerprint density at radius 2 is 1.86 bits per heavy atom. The maximum Gasteiger partial charge on any atom is 0.341 e. The Labute approximate surface area is 137 Å². The van der Waals surface area contributed by atoms with Crippen LogP contribution < -0.4 is 5.14 Å². The van der Waals surface area contributed by atoms with E-state index in [4.69, 9.17) is 49.4 Å². The molecule has 0 amide bonds. The number of rotatable bonds is 6. The number of nitrogens with two attached hydrogens (primary N) is 1. The lowest BCUT2D eigenvalue weighted by Crippen LogP contribution is -2.16. The number of benzene rings is 1. The van der Waals surface area contributed by atoms with Gasteiger partial charge in [-0.15, -0.1) is 0 Å². The normalized spacial score (nSPS) is 11.5. The summed E-state index contributed by atoms with van der Waals surface area (Å²) in [5.41, 5.74) is -0.355. The zero-order chi connectivity index (χ0) is 16.2. The van der Waals surface area contributed by atoms with Crippen LogP contribution in [0.3, 0.4) is 0 Å². The van der Waals surface area contributed by atoms with Crippen molar-refractivity contribution in [2.75, 3.05) is 19.8 Å². The van der Waals surface area contributed by atoms with Gasteiger partial charge in [-0.3, -0.25) is 0 Å². The third kappa shape index (κ3) is 4.70. The summed E-state index contributed by atoms with van der Waals surface area (Å²) in [4.78, 5) is 11.4. The highest BCUT2D eigenvalue weighted by Crippen LogP contribution is 2.36. The minimum atomic E-state index is -4.17. The summed E-state index contributed by atoms with van der Waals surface area (Å²) in [6, 6.07) is 0.971. The lowest BCUT2D eigenvalue weighted by atomic mass is 10.2. The average molecular weight is 377 g/mol. The summed E-state index contributed by atoms with van der Waals surface area (Å²) in [5, 5.41) is 4.17. The van der Waals surface area contributed by atoms with Crippen molar-refractivity contribution in [3.05, 3.63) is 26.7 Å². The Hall–Kier alpha value is -0.570. The van der Waals surface area contributed by atoms with Gasteiger partial charge in [0.15, 0.2) is 0 Å². The fourth-order valence-corrected chi connectivity index (χ4v) is 3.10. The number of hydrogen-bond acceptors (Lipinski definition) is 5. The zero-order valence-electron chi connectivity index (χ0n) is 10.9. The molecule has 118 valence electrons. The van der Waals surface area contributed by atoms with Crippen molar-refractivity contribution in [1.82, 2.24) is 0 Å². The van der Waals surface area contributed by atoms with E-state index >= 15 is 0 Å². The Kier molecular flexibility index (Phi) is 6.71. The van der Waals surface area contributed by atoms with E-state index < -0.39 is 25.9 Å². The van der Waals surface area contributed by atoms with Gasteiger partial charge in [0.2, 0.25) is 10.0 Å². The van der Waals surface area contributed by atoms with E-state index in [-0.39, 0.29) is 28.8 Å². The molecule has 0 fully saturated rings. The number of sulfonamides is 1. The van der Waals surface area contributed by atoms with Crippen molar-refractivity contribution in [1.29, 1.82) is 0 Å². The molecule has 0 heterocycles. The molecule has 0 aromatic heterocycles. The quantitative estimate of drug-likeness (QED) is 0.467. The molecule has 21 heavy (non-hydrogen) atoms. The predicted molar refractivity (Wildman–Crippen MR) is 79.6 cm³/mol. The predicted octanol–water partition coefficient (Wildman–Crippen LogP) is 2.49. The molecule has 0 saturated carbocycles. The summed E-state index contributed by atoms with van der Waals surface area (Å²) in [7, 11) is -4.17. The van der Waals surface area contributed by atoms with Crippen molar-refractivity contribution in [3.8, 4) is 0 Å². The SMILES string of the molecule is CCOCCOC(=O)c1c(Cl)c(Cl)cc(S(N)(=O)=O)c1Cl. The molecule has 10 heteroatoms. The Morgan fingerprint density at radius 3 is 2.38 bits per heavy atom. The van der Waals surface area contributed by atoms with Gasteiger partial charge in [0.25, 0.3) is 0 Å². The van der Waals surface area contributed by atoms with E-state index in [0.29, 0.717) is 6.61 Å². The molecular formula is C11H12Cl3NO5S. The maximum atomic E-state index is 11.9. The minimum absolute atomic E-state index is 0.0451. The number of primary sulfonamides is 1. The summed E-state index contributed by atoms with van der Waals surface area (Å²) in [6.45, 7) is 2.38. The highest BCUT2D eigenvalue weighted by Gasteiger charge is 2.26. The van der Waals surface area contributed by atoms with Crippen LogP contribution in [0.5, 0.6) is 0 Å². The van der Waals surface area contributed by atoms with Gasteiger partial charge in [-0.2, -0.15) is 0 Å². The first-order chi connectivity index (χ1) is 9.70. The third-order valence-electron chi connectivity index (χ3n) is 2.30. The summed E-state index contributed by atoms with van der Waals surface area (Å²) in [5.74, 6) is -0.919. The van der Waals surface area contributed by atoms with Gasteiger partial charge in [-0.25, -0.2) is 18.4 Å². The van der Waals surface area contributed by atoms with Gasteiger partial charge in [0.05, 0.1) is 27.2 Å². The standard InChI is InChI=1S/C11H12Cl3NO5S/c1-2-19-3-4-20-11(16)8-9(13)6(12)5-7(10(8)14)21(15,17)18/h5H,2-4H2,1H3,(H2,15,17,18). The van der Waals surface area contributed by atoms with Crippen molar-refractivity contribution in [2.24, 2.45) is 5.14 Å². The van der Waals surface area contributed by atoms with Crippen molar-refractivity contribution in [2.45, 2.75) is 11.8 Å². The van der Waals surface area contributed by atoms with Crippen LogP contribution in [0.25, 0.3) is 0 Å². The Bertz CT molecular complexity index is 648. The molecule has 0 radical (unpaired) electrons. The molecule has 6 nitrogen and oxygen atoms in total. The van der Waals surface area contributed by atoms with Crippen LogP contribution in [0, 0.1) is 0 Å². The van der Waals surface area contributed by atoms with Crippen LogP contribution in [0.15, 0.2) is 11.0 Å². The number of ether oxygens (including phenoxy) is 2. The van der Waals surface area contributed by atoms with Crippen LogP contribution in [0.4, 0.5) is 0 Å². The Balaban J connectivity index is 3.17. The average Bonchev–Trinajstić information content (AvgIpc) is 2.38. The Morgan fingerprint density at radius 1 is 1.24 bits per heavy atom. The highest BCUT2D eigenvalue weighted by molar-refractivity contribution is 7.89. The van der Waals surface area contributed by atoms with E-state index in [1.165, 1.54) is 0 Å². The van der Waals surface area contributed by atoms with E-state index in [0.717, 1.165) is 6.07 Å².